The van der Waals surface area contributed by atoms with Crippen LogP contribution in [0.5, 0.6) is 0 Å². The zero-order valence-electron chi connectivity index (χ0n) is 11.6. The number of nitrogens with two attached hydrogens (primary N) is 1. The lowest BCUT2D eigenvalue weighted by atomic mass is 10.2. The predicted octanol–water partition coefficient (Wildman–Crippen LogP) is 2.18. The molecule has 104 valence electrons. The molecule has 20 heavy (non-hydrogen) atoms. The van der Waals surface area contributed by atoms with Gasteiger partial charge >= 0.3 is 0 Å². The molecule has 0 fully saturated rings. The maximum atomic E-state index is 6.06. The zero-order chi connectivity index (χ0) is 14.4. The predicted molar refractivity (Wildman–Crippen MR) is 83.3 cm³/mol. The van der Waals surface area contributed by atoms with Gasteiger partial charge in [0.05, 0.1) is 11.7 Å². The van der Waals surface area contributed by atoms with E-state index in [4.69, 9.17) is 5.73 Å². The normalized spacial score (nSPS) is 12.2. The van der Waals surface area contributed by atoms with Crippen LogP contribution >= 0.6 is 0 Å². The average Bonchev–Trinajstić information content (AvgIpc) is 2.89. The van der Waals surface area contributed by atoms with Crippen molar-refractivity contribution < 1.29 is 0 Å². The molecule has 0 radical (unpaired) electrons. The van der Waals surface area contributed by atoms with E-state index in [1.807, 2.05) is 24.4 Å². The molecule has 0 aromatic carbocycles. The van der Waals surface area contributed by atoms with Crippen LogP contribution in [-0.2, 0) is 0 Å². The standard InChI is InChI=1S/C15H19N5/c1-3-8-17-12(2)18-9-7-14(16)13-11-19-20-10-5-4-6-15(13)20/h4-7,9-11,17H,2-3,8,16H2,1H3/b14-7-,18-9?. The summed E-state index contributed by atoms with van der Waals surface area (Å²) >= 11 is 0. The van der Waals surface area contributed by atoms with Gasteiger partial charge in [-0.3, -0.25) is 0 Å². The second-order valence-electron chi connectivity index (χ2n) is 4.36. The molecule has 0 bridgehead atoms. The Labute approximate surface area is 118 Å². The minimum absolute atomic E-state index is 0.623. The maximum absolute atomic E-state index is 6.06. The van der Waals surface area contributed by atoms with Gasteiger partial charge in [0.1, 0.15) is 5.82 Å². The molecule has 0 unspecified atom stereocenters. The summed E-state index contributed by atoms with van der Waals surface area (Å²) in [7, 11) is 0. The number of allylic oxidation sites excluding steroid dienone is 1. The van der Waals surface area contributed by atoms with Gasteiger partial charge in [-0.1, -0.05) is 19.6 Å². The lowest BCUT2D eigenvalue weighted by molar-refractivity contribution is 0.765. The first-order valence-electron chi connectivity index (χ1n) is 6.57. The average molecular weight is 269 g/mol. The Kier molecular flexibility index (Phi) is 4.55. The van der Waals surface area contributed by atoms with Gasteiger partial charge in [-0.25, -0.2) is 9.51 Å². The summed E-state index contributed by atoms with van der Waals surface area (Å²) in [5, 5.41) is 7.34. The van der Waals surface area contributed by atoms with Gasteiger partial charge in [0.2, 0.25) is 0 Å². The summed E-state index contributed by atoms with van der Waals surface area (Å²) in [4.78, 5) is 4.18. The Bertz CT molecular complexity index is 651. The Morgan fingerprint density at radius 1 is 1.55 bits per heavy atom. The largest absolute Gasteiger partial charge is 0.398 e. The molecule has 0 saturated carbocycles. The molecule has 5 heteroatoms. The molecule has 3 N–H and O–H groups in total. The summed E-state index contributed by atoms with van der Waals surface area (Å²) in [6.45, 7) is 6.76. The fraction of sp³-hybridized carbons (Fsp3) is 0.200. The van der Waals surface area contributed by atoms with Gasteiger partial charge in [0, 0.05) is 30.2 Å². The number of hydrogen-bond acceptors (Lipinski definition) is 4. The van der Waals surface area contributed by atoms with Gasteiger partial charge < -0.3 is 11.1 Å². The molecule has 0 saturated heterocycles. The van der Waals surface area contributed by atoms with E-state index in [-0.39, 0.29) is 0 Å². The van der Waals surface area contributed by atoms with Gasteiger partial charge in [0.25, 0.3) is 0 Å². The Balaban J connectivity index is 2.11. The first kappa shape index (κ1) is 13.9. The van der Waals surface area contributed by atoms with Crippen LogP contribution in [0.4, 0.5) is 0 Å². The first-order valence-corrected chi connectivity index (χ1v) is 6.57. The molecule has 5 nitrogen and oxygen atoms in total. The molecule has 0 aliphatic heterocycles. The van der Waals surface area contributed by atoms with Crippen molar-refractivity contribution >= 4 is 17.4 Å². The van der Waals surface area contributed by atoms with E-state index in [1.165, 1.54) is 0 Å². The number of aliphatic imine (C=N–C) groups is 1. The van der Waals surface area contributed by atoms with Gasteiger partial charge in [0.15, 0.2) is 0 Å². The number of rotatable bonds is 6. The van der Waals surface area contributed by atoms with Crippen LogP contribution in [0.1, 0.15) is 18.9 Å². The topological polar surface area (TPSA) is 67.7 Å². The Hall–Kier alpha value is -2.56. The summed E-state index contributed by atoms with van der Waals surface area (Å²) in [6, 6.07) is 5.86. The van der Waals surface area contributed by atoms with E-state index >= 15 is 0 Å². The van der Waals surface area contributed by atoms with Crippen LogP contribution < -0.4 is 11.1 Å². The minimum atomic E-state index is 0.623. The molecule has 2 aromatic heterocycles. The van der Waals surface area contributed by atoms with Gasteiger partial charge in [-0.15, -0.1) is 0 Å². The fourth-order valence-corrected chi connectivity index (χ4v) is 1.77. The molecule has 2 rings (SSSR count). The van der Waals surface area contributed by atoms with Crippen molar-refractivity contribution in [2.75, 3.05) is 6.54 Å². The molecular weight excluding hydrogens is 250 g/mol. The SMILES string of the molecule is C=C(N=C/C=C(\N)c1cnn2ccccc12)NCCC. The monoisotopic (exact) mass is 269 g/mol. The zero-order valence-corrected chi connectivity index (χ0v) is 11.6. The molecule has 2 heterocycles. The van der Waals surface area contributed by atoms with E-state index in [1.54, 1.807) is 23.0 Å². The van der Waals surface area contributed by atoms with Crippen molar-refractivity contribution in [3.63, 3.8) is 0 Å². The van der Waals surface area contributed by atoms with Crippen molar-refractivity contribution in [3.05, 3.63) is 54.6 Å². The van der Waals surface area contributed by atoms with Crippen molar-refractivity contribution in [1.82, 2.24) is 14.9 Å². The highest BCUT2D eigenvalue weighted by atomic mass is 15.2. The number of aromatic nitrogens is 2. The molecule has 0 amide bonds. The van der Waals surface area contributed by atoms with Crippen LogP contribution in [-0.4, -0.2) is 22.4 Å². The van der Waals surface area contributed by atoms with E-state index in [0.29, 0.717) is 11.5 Å². The first-order chi connectivity index (χ1) is 9.72. The molecule has 2 aromatic rings. The van der Waals surface area contributed by atoms with Crippen molar-refractivity contribution in [2.45, 2.75) is 13.3 Å². The van der Waals surface area contributed by atoms with Gasteiger partial charge in [-0.05, 0) is 24.6 Å². The lowest BCUT2D eigenvalue weighted by Crippen LogP contribution is -2.11. The van der Waals surface area contributed by atoms with Crippen LogP contribution in [0.15, 0.2) is 54.1 Å². The van der Waals surface area contributed by atoms with E-state index in [0.717, 1.165) is 24.0 Å². The van der Waals surface area contributed by atoms with Crippen LogP contribution in [0.25, 0.3) is 11.2 Å². The maximum Gasteiger partial charge on any atom is 0.118 e. The molecule has 0 atom stereocenters. The Morgan fingerprint density at radius 2 is 2.40 bits per heavy atom. The van der Waals surface area contributed by atoms with E-state index in [2.05, 4.69) is 28.9 Å². The highest BCUT2D eigenvalue weighted by Gasteiger charge is 2.04. The molecule has 0 aliphatic carbocycles. The molecule has 0 aliphatic rings. The summed E-state index contributed by atoms with van der Waals surface area (Å²) < 4.78 is 1.79. The highest BCUT2D eigenvalue weighted by Crippen LogP contribution is 2.15. The summed E-state index contributed by atoms with van der Waals surface area (Å²) in [6.07, 6.45) is 8.07. The quantitative estimate of drug-likeness (QED) is 0.790. The van der Waals surface area contributed by atoms with Gasteiger partial charge in [-0.2, -0.15) is 5.10 Å². The minimum Gasteiger partial charge on any atom is -0.398 e. The third kappa shape index (κ3) is 3.26. The smallest absolute Gasteiger partial charge is 0.118 e. The van der Waals surface area contributed by atoms with Crippen LogP contribution in [0.2, 0.25) is 0 Å². The molecule has 0 spiro atoms. The molecular formula is C15H19N5. The van der Waals surface area contributed by atoms with Crippen molar-refractivity contribution in [2.24, 2.45) is 10.7 Å². The number of pyridine rings is 1. The Morgan fingerprint density at radius 3 is 3.20 bits per heavy atom. The second-order valence-corrected chi connectivity index (χ2v) is 4.36. The van der Waals surface area contributed by atoms with E-state index in [9.17, 15) is 0 Å². The highest BCUT2D eigenvalue weighted by molar-refractivity contribution is 5.87. The lowest BCUT2D eigenvalue weighted by Gasteiger charge is -2.01. The van der Waals surface area contributed by atoms with Crippen molar-refractivity contribution in [1.29, 1.82) is 0 Å². The number of fused-ring (bicyclic) bond motifs is 1. The third-order valence-electron chi connectivity index (χ3n) is 2.80. The van der Waals surface area contributed by atoms with Crippen molar-refractivity contribution in [3.8, 4) is 0 Å². The van der Waals surface area contributed by atoms with Crippen LogP contribution in [0, 0.1) is 0 Å². The number of hydrogen-bond donors (Lipinski definition) is 2. The second kappa shape index (κ2) is 6.56. The third-order valence-corrected chi connectivity index (χ3v) is 2.80. The summed E-state index contributed by atoms with van der Waals surface area (Å²) in [5.41, 5.74) is 8.54. The van der Waals surface area contributed by atoms with Crippen LogP contribution in [0.3, 0.4) is 0 Å². The fourth-order valence-electron chi connectivity index (χ4n) is 1.77. The summed E-state index contributed by atoms with van der Waals surface area (Å²) in [5.74, 6) is 0.635. The van der Waals surface area contributed by atoms with E-state index < -0.39 is 0 Å². The number of nitrogens with one attached hydrogen (secondary N) is 1. The number of nitrogens with zero attached hydrogens (tertiary/aromatic N) is 3.